The fraction of sp³-hybridized carbons (Fsp3) is 0.125. The van der Waals surface area contributed by atoms with E-state index < -0.39 is 0 Å². The van der Waals surface area contributed by atoms with Crippen LogP contribution in [-0.4, -0.2) is 9.97 Å². The molecule has 0 radical (unpaired) electrons. The summed E-state index contributed by atoms with van der Waals surface area (Å²) in [4.78, 5) is 7.34. The molecule has 1 N–H and O–H groups in total. The number of fused-ring (bicyclic) bond motifs is 1. The van der Waals surface area contributed by atoms with Crippen LogP contribution in [0.4, 0.5) is 0 Å². The molecule has 0 aromatic carbocycles. The molecule has 0 aliphatic rings. The standard InChI is InChI=1S/C8H7IN2/c1-5-6-4-10-3-2-7(6)11-8(5)9/h2-4,11H,1H3. The topological polar surface area (TPSA) is 28.7 Å². The highest BCUT2D eigenvalue weighted by molar-refractivity contribution is 14.1. The van der Waals surface area contributed by atoms with E-state index in [1.807, 2.05) is 12.3 Å². The van der Waals surface area contributed by atoms with Gasteiger partial charge in [-0.3, -0.25) is 4.98 Å². The highest BCUT2D eigenvalue weighted by Gasteiger charge is 2.02. The van der Waals surface area contributed by atoms with E-state index in [0.717, 1.165) is 0 Å². The molecule has 0 saturated heterocycles. The van der Waals surface area contributed by atoms with E-state index in [1.54, 1.807) is 6.20 Å². The Kier molecular flexibility index (Phi) is 1.60. The summed E-state index contributed by atoms with van der Waals surface area (Å²) in [5.41, 5.74) is 2.45. The van der Waals surface area contributed by atoms with E-state index in [9.17, 15) is 0 Å². The van der Waals surface area contributed by atoms with Crippen molar-refractivity contribution in [3.8, 4) is 0 Å². The Hall–Kier alpha value is -0.580. The first-order valence-corrected chi connectivity index (χ1v) is 4.44. The van der Waals surface area contributed by atoms with Gasteiger partial charge in [-0.1, -0.05) is 0 Å². The number of aromatic amines is 1. The third-order valence-electron chi connectivity index (χ3n) is 1.80. The maximum absolute atomic E-state index is 4.06. The van der Waals surface area contributed by atoms with Crippen LogP contribution >= 0.6 is 22.6 Å². The second-order valence-corrected chi connectivity index (χ2v) is 3.56. The second-order valence-electron chi connectivity index (χ2n) is 2.49. The summed E-state index contributed by atoms with van der Waals surface area (Å²) in [5.74, 6) is 0. The fourth-order valence-corrected chi connectivity index (χ4v) is 1.71. The first-order valence-electron chi connectivity index (χ1n) is 3.37. The quantitative estimate of drug-likeness (QED) is 0.722. The number of aryl methyl sites for hydroxylation is 1. The Labute approximate surface area is 78.2 Å². The van der Waals surface area contributed by atoms with Crippen LogP contribution in [0.3, 0.4) is 0 Å². The molecule has 2 rings (SSSR count). The van der Waals surface area contributed by atoms with Gasteiger partial charge in [0.2, 0.25) is 0 Å². The number of hydrogen-bond donors (Lipinski definition) is 1. The van der Waals surface area contributed by atoms with Crippen LogP contribution in [0.15, 0.2) is 18.5 Å². The van der Waals surface area contributed by atoms with E-state index in [4.69, 9.17) is 0 Å². The molecule has 0 aliphatic heterocycles. The monoisotopic (exact) mass is 258 g/mol. The van der Waals surface area contributed by atoms with Crippen LogP contribution in [0.25, 0.3) is 10.9 Å². The lowest BCUT2D eigenvalue weighted by Crippen LogP contribution is -1.71. The van der Waals surface area contributed by atoms with Gasteiger partial charge in [-0.05, 0) is 41.1 Å². The summed E-state index contributed by atoms with van der Waals surface area (Å²) in [6.07, 6.45) is 3.69. The second kappa shape index (κ2) is 2.48. The van der Waals surface area contributed by atoms with Gasteiger partial charge in [-0.2, -0.15) is 0 Å². The number of hydrogen-bond acceptors (Lipinski definition) is 1. The van der Waals surface area contributed by atoms with Crippen molar-refractivity contribution in [3.05, 3.63) is 27.7 Å². The molecule has 0 bridgehead atoms. The summed E-state index contributed by atoms with van der Waals surface area (Å²) in [5, 5.41) is 1.22. The number of nitrogens with zero attached hydrogens (tertiary/aromatic N) is 1. The summed E-state index contributed by atoms with van der Waals surface area (Å²) >= 11 is 2.29. The molecule has 0 unspecified atom stereocenters. The predicted molar refractivity (Wildman–Crippen MR) is 53.5 cm³/mol. The summed E-state index contributed by atoms with van der Waals surface area (Å²) in [7, 11) is 0. The molecule has 2 heterocycles. The van der Waals surface area contributed by atoms with E-state index >= 15 is 0 Å². The Morgan fingerprint density at radius 3 is 3.09 bits per heavy atom. The van der Waals surface area contributed by atoms with E-state index in [2.05, 4.69) is 39.5 Å². The molecule has 0 aliphatic carbocycles. The van der Waals surface area contributed by atoms with Crippen molar-refractivity contribution in [1.82, 2.24) is 9.97 Å². The average molecular weight is 258 g/mol. The third kappa shape index (κ3) is 1.03. The molecule has 11 heavy (non-hydrogen) atoms. The molecule has 0 spiro atoms. The van der Waals surface area contributed by atoms with Gasteiger partial charge in [0.05, 0.1) is 3.70 Å². The molecule has 2 nitrogen and oxygen atoms in total. The fourth-order valence-electron chi connectivity index (χ4n) is 1.13. The van der Waals surface area contributed by atoms with Gasteiger partial charge >= 0.3 is 0 Å². The van der Waals surface area contributed by atoms with Crippen molar-refractivity contribution in [2.24, 2.45) is 0 Å². The van der Waals surface area contributed by atoms with E-state index in [1.165, 1.54) is 20.2 Å². The summed E-state index contributed by atoms with van der Waals surface area (Å²) in [6, 6.07) is 1.99. The molecule has 2 aromatic rings. The lowest BCUT2D eigenvalue weighted by molar-refractivity contribution is 1.34. The van der Waals surface area contributed by atoms with Crippen LogP contribution < -0.4 is 0 Å². The number of rotatable bonds is 0. The minimum absolute atomic E-state index is 1.17. The first kappa shape index (κ1) is 7.09. The van der Waals surface area contributed by atoms with Gasteiger partial charge in [0.25, 0.3) is 0 Å². The van der Waals surface area contributed by atoms with Crippen LogP contribution in [-0.2, 0) is 0 Å². The first-order chi connectivity index (χ1) is 5.29. The lowest BCUT2D eigenvalue weighted by atomic mass is 10.2. The van der Waals surface area contributed by atoms with Gasteiger partial charge in [-0.25, -0.2) is 0 Å². The van der Waals surface area contributed by atoms with E-state index in [-0.39, 0.29) is 0 Å². The van der Waals surface area contributed by atoms with Gasteiger partial charge in [-0.15, -0.1) is 0 Å². The van der Waals surface area contributed by atoms with Gasteiger partial charge < -0.3 is 4.98 Å². The number of halogens is 1. The van der Waals surface area contributed by atoms with Crippen molar-refractivity contribution >= 4 is 33.5 Å². The average Bonchev–Trinajstić information content (AvgIpc) is 2.30. The number of nitrogens with one attached hydrogen (secondary N) is 1. The van der Waals surface area contributed by atoms with Gasteiger partial charge in [0.1, 0.15) is 0 Å². The maximum atomic E-state index is 4.06. The van der Waals surface area contributed by atoms with Crippen molar-refractivity contribution < 1.29 is 0 Å². The zero-order valence-corrected chi connectivity index (χ0v) is 8.21. The Balaban J connectivity index is 2.92. The summed E-state index contributed by atoms with van der Waals surface area (Å²) in [6.45, 7) is 2.10. The molecule has 0 fully saturated rings. The SMILES string of the molecule is Cc1c(I)[nH]c2ccncc12. The zero-order chi connectivity index (χ0) is 7.84. The molecular weight excluding hydrogens is 251 g/mol. The smallest absolute Gasteiger partial charge is 0.0813 e. The Morgan fingerprint density at radius 2 is 2.36 bits per heavy atom. The minimum atomic E-state index is 1.17. The van der Waals surface area contributed by atoms with Crippen LogP contribution in [0.5, 0.6) is 0 Å². The van der Waals surface area contributed by atoms with Gasteiger partial charge in [0.15, 0.2) is 0 Å². The van der Waals surface area contributed by atoms with Crippen molar-refractivity contribution in [3.63, 3.8) is 0 Å². The largest absolute Gasteiger partial charge is 0.350 e. The highest BCUT2D eigenvalue weighted by Crippen LogP contribution is 2.20. The molecule has 3 heteroatoms. The Morgan fingerprint density at radius 1 is 1.55 bits per heavy atom. The number of H-pyrrole nitrogens is 1. The van der Waals surface area contributed by atoms with Crippen LogP contribution in [0.1, 0.15) is 5.56 Å². The van der Waals surface area contributed by atoms with Crippen LogP contribution in [0, 0.1) is 10.6 Å². The molecule has 56 valence electrons. The molecule has 0 amide bonds. The molecular formula is C8H7IN2. The maximum Gasteiger partial charge on any atom is 0.0813 e. The molecule has 2 aromatic heterocycles. The van der Waals surface area contributed by atoms with Crippen molar-refractivity contribution in [2.75, 3.05) is 0 Å². The van der Waals surface area contributed by atoms with E-state index in [0.29, 0.717) is 0 Å². The van der Waals surface area contributed by atoms with Gasteiger partial charge in [0, 0.05) is 23.3 Å². The minimum Gasteiger partial charge on any atom is -0.350 e. The third-order valence-corrected chi connectivity index (χ3v) is 2.88. The Bertz CT molecular complexity index is 392. The van der Waals surface area contributed by atoms with Crippen molar-refractivity contribution in [1.29, 1.82) is 0 Å². The summed E-state index contributed by atoms with van der Waals surface area (Å²) < 4.78 is 1.20. The number of pyridine rings is 1. The van der Waals surface area contributed by atoms with Crippen molar-refractivity contribution in [2.45, 2.75) is 6.92 Å². The highest BCUT2D eigenvalue weighted by atomic mass is 127. The number of aromatic nitrogens is 2. The molecule has 0 saturated carbocycles. The normalized spacial score (nSPS) is 10.7. The molecule has 0 atom stereocenters. The predicted octanol–water partition coefficient (Wildman–Crippen LogP) is 2.48. The van der Waals surface area contributed by atoms with Crippen LogP contribution in [0.2, 0.25) is 0 Å². The lowest BCUT2D eigenvalue weighted by Gasteiger charge is -1.86. The zero-order valence-electron chi connectivity index (χ0n) is 6.06.